The Morgan fingerprint density at radius 1 is 1.24 bits per heavy atom. The van der Waals surface area contributed by atoms with Crippen LogP contribution in [0.5, 0.6) is 0 Å². The fraction of sp³-hybridized carbons (Fsp3) is 0.579. The van der Waals surface area contributed by atoms with E-state index in [9.17, 15) is 17.2 Å². The van der Waals surface area contributed by atoms with Gasteiger partial charge in [0.25, 0.3) is 0 Å². The lowest BCUT2D eigenvalue weighted by Gasteiger charge is -2.33. The van der Waals surface area contributed by atoms with Crippen molar-refractivity contribution >= 4 is 26.6 Å². The van der Waals surface area contributed by atoms with E-state index in [1.54, 1.807) is 18.5 Å². The summed E-state index contributed by atoms with van der Waals surface area (Å²) >= 11 is 0. The van der Waals surface area contributed by atoms with Gasteiger partial charge in [-0.1, -0.05) is 0 Å². The summed E-state index contributed by atoms with van der Waals surface area (Å²) in [5.74, 6) is 0.193. The van der Waals surface area contributed by atoms with E-state index in [0.29, 0.717) is 30.9 Å². The Hall–Kier alpha value is -1.91. The van der Waals surface area contributed by atoms with E-state index >= 15 is 0 Å². The Kier molecular flexibility index (Phi) is 5.67. The van der Waals surface area contributed by atoms with Crippen LogP contribution >= 0.6 is 0 Å². The Balaban J connectivity index is 1.57. The summed E-state index contributed by atoms with van der Waals surface area (Å²) in [5.41, 5.74) is 0.700. The smallest absolute Gasteiger partial charge is 0.211 e. The SMILES string of the molecule is CS(=O)(=O)N1CC[C@@H](Nc2cc3c([C@H]4CCNC[C@@H]4F)nccc3cn2)[C@H](F)C1. The normalized spacial score (nSPS) is 29.1. The number of anilines is 1. The summed E-state index contributed by atoms with van der Waals surface area (Å²) in [6.07, 6.45) is 3.08. The van der Waals surface area contributed by atoms with Gasteiger partial charge in [-0.2, -0.15) is 4.31 Å². The van der Waals surface area contributed by atoms with Crippen molar-refractivity contribution in [3.63, 3.8) is 0 Å². The van der Waals surface area contributed by atoms with E-state index in [4.69, 9.17) is 0 Å². The van der Waals surface area contributed by atoms with Crippen LogP contribution in [-0.2, 0) is 10.0 Å². The molecule has 2 saturated heterocycles. The molecule has 0 unspecified atom stereocenters. The molecule has 2 aromatic rings. The van der Waals surface area contributed by atoms with Crippen molar-refractivity contribution in [3.8, 4) is 0 Å². The first-order valence-electron chi connectivity index (χ1n) is 9.78. The lowest BCUT2D eigenvalue weighted by molar-refractivity contribution is 0.186. The highest BCUT2D eigenvalue weighted by Crippen LogP contribution is 2.32. The van der Waals surface area contributed by atoms with Gasteiger partial charge in [-0.15, -0.1) is 0 Å². The van der Waals surface area contributed by atoms with Crippen LogP contribution in [0.25, 0.3) is 10.8 Å². The lowest BCUT2D eigenvalue weighted by atomic mass is 9.90. The molecule has 2 aliphatic heterocycles. The summed E-state index contributed by atoms with van der Waals surface area (Å²) < 4.78 is 53.5. The summed E-state index contributed by atoms with van der Waals surface area (Å²) in [5, 5.41) is 7.81. The summed E-state index contributed by atoms with van der Waals surface area (Å²) in [7, 11) is -3.41. The average molecular weight is 426 g/mol. The fourth-order valence-electron chi connectivity index (χ4n) is 4.12. The van der Waals surface area contributed by atoms with Crippen molar-refractivity contribution in [3.05, 3.63) is 30.2 Å². The number of hydrogen-bond donors (Lipinski definition) is 2. The number of fused-ring (bicyclic) bond motifs is 1. The molecule has 2 fully saturated rings. The first-order chi connectivity index (χ1) is 13.8. The minimum atomic E-state index is -3.41. The molecule has 4 atom stereocenters. The van der Waals surface area contributed by atoms with Gasteiger partial charge in [-0.3, -0.25) is 4.98 Å². The first-order valence-corrected chi connectivity index (χ1v) is 11.6. The van der Waals surface area contributed by atoms with Crippen molar-refractivity contribution in [1.82, 2.24) is 19.6 Å². The van der Waals surface area contributed by atoms with Gasteiger partial charge < -0.3 is 10.6 Å². The predicted molar refractivity (Wildman–Crippen MR) is 108 cm³/mol. The lowest BCUT2D eigenvalue weighted by Crippen LogP contribution is -2.49. The number of nitrogens with zero attached hydrogens (tertiary/aromatic N) is 3. The van der Waals surface area contributed by atoms with Crippen LogP contribution in [0.1, 0.15) is 24.5 Å². The molecule has 158 valence electrons. The number of halogens is 2. The number of rotatable bonds is 4. The highest BCUT2D eigenvalue weighted by Gasteiger charge is 2.33. The third-order valence-electron chi connectivity index (χ3n) is 5.74. The topological polar surface area (TPSA) is 87.2 Å². The summed E-state index contributed by atoms with van der Waals surface area (Å²) in [4.78, 5) is 8.82. The fourth-order valence-corrected chi connectivity index (χ4v) is 4.97. The van der Waals surface area contributed by atoms with Gasteiger partial charge in [0.2, 0.25) is 10.0 Å². The average Bonchev–Trinajstić information content (AvgIpc) is 2.69. The quantitative estimate of drug-likeness (QED) is 0.777. The maximum atomic E-state index is 14.6. The molecule has 0 bridgehead atoms. The first kappa shape index (κ1) is 20.4. The summed E-state index contributed by atoms with van der Waals surface area (Å²) in [6.45, 7) is 1.13. The molecular weight excluding hydrogens is 400 g/mol. The molecule has 2 aliphatic rings. The zero-order chi connectivity index (χ0) is 20.6. The second kappa shape index (κ2) is 8.08. The Bertz CT molecular complexity index is 990. The van der Waals surface area contributed by atoms with Crippen LogP contribution in [0.15, 0.2) is 24.5 Å². The van der Waals surface area contributed by atoms with Gasteiger partial charge in [-0.25, -0.2) is 22.2 Å². The van der Waals surface area contributed by atoms with E-state index in [1.807, 2.05) is 6.07 Å². The van der Waals surface area contributed by atoms with Gasteiger partial charge in [0.05, 0.1) is 18.0 Å². The molecule has 10 heteroatoms. The van der Waals surface area contributed by atoms with Gasteiger partial charge in [0.15, 0.2) is 0 Å². The number of piperidine rings is 2. The van der Waals surface area contributed by atoms with Gasteiger partial charge in [-0.05, 0) is 31.5 Å². The van der Waals surface area contributed by atoms with Gasteiger partial charge in [0, 0.05) is 48.7 Å². The maximum Gasteiger partial charge on any atom is 0.211 e. The third-order valence-corrected chi connectivity index (χ3v) is 7.01. The molecule has 29 heavy (non-hydrogen) atoms. The number of pyridine rings is 2. The summed E-state index contributed by atoms with van der Waals surface area (Å²) in [6, 6.07) is 3.08. The number of aromatic nitrogens is 2. The van der Waals surface area contributed by atoms with E-state index in [-0.39, 0.29) is 19.0 Å². The molecule has 0 aliphatic carbocycles. The molecule has 4 rings (SSSR count). The largest absolute Gasteiger partial charge is 0.364 e. The van der Waals surface area contributed by atoms with Crippen LogP contribution in [0, 0.1) is 0 Å². The Labute approximate surface area is 169 Å². The monoisotopic (exact) mass is 425 g/mol. The zero-order valence-electron chi connectivity index (χ0n) is 16.2. The van der Waals surface area contributed by atoms with E-state index < -0.39 is 28.4 Å². The molecule has 0 spiro atoms. The zero-order valence-corrected chi connectivity index (χ0v) is 17.0. The molecule has 0 aromatic carbocycles. The molecule has 2 aromatic heterocycles. The minimum absolute atomic E-state index is 0.171. The van der Waals surface area contributed by atoms with Crippen LogP contribution in [-0.4, -0.2) is 73.5 Å². The Morgan fingerprint density at radius 2 is 2.07 bits per heavy atom. The highest BCUT2D eigenvalue weighted by molar-refractivity contribution is 7.88. The van der Waals surface area contributed by atoms with Crippen molar-refractivity contribution in [1.29, 1.82) is 0 Å². The minimum Gasteiger partial charge on any atom is -0.364 e. The van der Waals surface area contributed by atoms with Crippen molar-refractivity contribution in [2.75, 3.05) is 37.8 Å². The molecular formula is C19H25F2N5O2S. The Morgan fingerprint density at radius 3 is 2.79 bits per heavy atom. The van der Waals surface area contributed by atoms with E-state index in [2.05, 4.69) is 20.6 Å². The van der Waals surface area contributed by atoms with Crippen molar-refractivity contribution < 1.29 is 17.2 Å². The predicted octanol–water partition coefficient (Wildman–Crippen LogP) is 1.83. The van der Waals surface area contributed by atoms with Crippen LogP contribution < -0.4 is 10.6 Å². The second-order valence-electron chi connectivity index (χ2n) is 7.78. The number of hydrogen-bond acceptors (Lipinski definition) is 6. The van der Waals surface area contributed by atoms with E-state index in [1.165, 1.54) is 0 Å². The van der Waals surface area contributed by atoms with Crippen molar-refractivity contribution in [2.45, 2.75) is 37.1 Å². The molecule has 0 amide bonds. The van der Waals surface area contributed by atoms with Crippen LogP contribution in [0.4, 0.5) is 14.6 Å². The molecule has 7 nitrogen and oxygen atoms in total. The van der Waals surface area contributed by atoms with E-state index in [0.717, 1.165) is 27.9 Å². The number of nitrogens with one attached hydrogen (secondary N) is 2. The molecule has 4 heterocycles. The molecule has 0 radical (unpaired) electrons. The molecule has 2 N–H and O–H groups in total. The van der Waals surface area contributed by atoms with Crippen molar-refractivity contribution in [2.24, 2.45) is 0 Å². The third kappa shape index (κ3) is 4.34. The number of alkyl halides is 2. The second-order valence-corrected chi connectivity index (χ2v) is 9.76. The molecule has 0 saturated carbocycles. The van der Waals surface area contributed by atoms with Gasteiger partial charge in [0.1, 0.15) is 18.2 Å². The maximum absolute atomic E-state index is 14.6. The number of sulfonamides is 1. The standard InChI is InChI=1S/C19H25F2N5O2S/c1-29(27,28)26-7-4-17(16(21)11-26)25-18-8-14-12(9-24-18)2-6-23-19(14)13-3-5-22-10-15(13)20/h2,6,8-9,13,15-17,22H,3-5,7,10-11H2,1H3,(H,24,25)/t13-,15-,16+,17+/m0/s1. The van der Waals surface area contributed by atoms with Gasteiger partial charge >= 0.3 is 0 Å². The van der Waals surface area contributed by atoms with Crippen LogP contribution in [0.2, 0.25) is 0 Å². The highest BCUT2D eigenvalue weighted by atomic mass is 32.2. The van der Waals surface area contributed by atoms with Crippen LogP contribution in [0.3, 0.4) is 0 Å².